The molecule has 0 aliphatic heterocycles. The van der Waals surface area contributed by atoms with Crippen LogP contribution in [-0.4, -0.2) is 33.3 Å². The van der Waals surface area contributed by atoms with E-state index < -0.39 is 0 Å². The molecule has 0 aromatic heterocycles. The molecule has 0 saturated heterocycles. The predicted octanol–water partition coefficient (Wildman–Crippen LogP) is 2.09. The molecule has 0 aliphatic rings. The van der Waals surface area contributed by atoms with Crippen molar-refractivity contribution in [2.75, 3.05) is 27.4 Å². The average Bonchev–Trinajstić information content (AvgIpc) is 2.37. The fourth-order valence-electron chi connectivity index (χ4n) is 1.81. The van der Waals surface area contributed by atoms with E-state index in [0.717, 1.165) is 22.4 Å². The van der Waals surface area contributed by atoms with Crippen LogP contribution in [0.15, 0.2) is 18.2 Å². The Morgan fingerprint density at radius 3 is 2.42 bits per heavy atom. The Kier molecular flexibility index (Phi) is 6.09. The zero-order valence-corrected chi connectivity index (χ0v) is 11.9. The Bertz CT molecular complexity index is 443. The highest BCUT2D eigenvalue weighted by molar-refractivity contribution is 5.92. The van der Waals surface area contributed by atoms with E-state index in [-0.39, 0.29) is 5.91 Å². The van der Waals surface area contributed by atoms with Crippen LogP contribution in [-0.2, 0) is 9.53 Å². The van der Waals surface area contributed by atoms with Crippen molar-refractivity contribution in [2.24, 2.45) is 0 Å². The van der Waals surface area contributed by atoms with Crippen molar-refractivity contribution in [3.63, 3.8) is 0 Å². The number of nitrogens with one attached hydrogen (secondary N) is 1. The van der Waals surface area contributed by atoms with Crippen LogP contribution in [0, 0.1) is 13.8 Å². The monoisotopic (exact) mass is 263 g/mol. The molecule has 0 spiro atoms. The number of benzene rings is 1. The van der Waals surface area contributed by atoms with Crippen LogP contribution in [0.25, 0.3) is 6.08 Å². The lowest BCUT2D eigenvalue weighted by molar-refractivity contribution is -0.116. The number of rotatable bonds is 6. The van der Waals surface area contributed by atoms with Crippen LogP contribution in [0.2, 0.25) is 0 Å². The Morgan fingerprint density at radius 1 is 1.26 bits per heavy atom. The Labute approximate surface area is 114 Å². The van der Waals surface area contributed by atoms with E-state index in [9.17, 15) is 4.79 Å². The van der Waals surface area contributed by atoms with Gasteiger partial charge in [0.1, 0.15) is 5.75 Å². The Hall–Kier alpha value is -1.81. The third-order valence-corrected chi connectivity index (χ3v) is 2.81. The van der Waals surface area contributed by atoms with Gasteiger partial charge in [0, 0.05) is 19.7 Å². The topological polar surface area (TPSA) is 47.6 Å². The molecule has 1 aromatic rings. The van der Waals surface area contributed by atoms with Crippen LogP contribution in [0.3, 0.4) is 0 Å². The second kappa shape index (κ2) is 7.59. The maximum atomic E-state index is 11.6. The number of methoxy groups -OCH3 is 2. The number of hydrogen-bond acceptors (Lipinski definition) is 3. The smallest absolute Gasteiger partial charge is 0.244 e. The van der Waals surface area contributed by atoms with Crippen LogP contribution in [0.4, 0.5) is 0 Å². The summed E-state index contributed by atoms with van der Waals surface area (Å²) in [7, 11) is 3.25. The summed E-state index contributed by atoms with van der Waals surface area (Å²) in [4.78, 5) is 11.6. The second-order valence-electron chi connectivity index (χ2n) is 4.29. The van der Waals surface area contributed by atoms with Gasteiger partial charge in [-0.05, 0) is 48.7 Å². The molecule has 104 valence electrons. The lowest BCUT2D eigenvalue weighted by Gasteiger charge is -2.08. The minimum Gasteiger partial charge on any atom is -0.497 e. The Balaban J connectivity index is 2.73. The van der Waals surface area contributed by atoms with Crippen molar-refractivity contribution >= 4 is 12.0 Å². The number of aryl methyl sites for hydroxylation is 2. The third-order valence-electron chi connectivity index (χ3n) is 2.81. The van der Waals surface area contributed by atoms with E-state index >= 15 is 0 Å². The molecule has 0 unspecified atom stereocenters. The van der Waals surface area contributed by atoms with E-state index in [1.807, 2.05) is 32.1 Å². The molecule has 19 heavy (non-hydrogen) atoms. The molecule has 1 aromatic carbocycles. The van der Waals surface area contributed by atoms with Gasteiger partial charge in [0.15, 0.2) is 0 Å². The first kappa shape index (κ1) is 15.2. The fraction of sp³-hybridized carbons (Fsp3) is 0.400. The van der Waals surface area contributed by atoms with Crippen molar-refractivity contribution in [3.8, 4) is 5.75 Å². The van der Waals surface area contributed by atoms with Gasteiger partial charge in [0.2, 0.25) is 5.91 Å². The lowest BCUT2D eigenvalue weighted by Crippen LogP contribution is -2.24. The number of hydrogen-bond donors (Lipinski definition) is 1. The minimum atomic E-state index is -0.119. The molecule has 0 heterocycles. The summed E-state index contributed by atoms with van der Waals surface area (Å²) in [6.07, 6.45) is 3.36. The average molecular weight is 263 g/mol. The summed E-state index contributed by atoms with van der Waals surface area (Å²) >= 11 is 0. The highest BCUT2D eigenvalue weighted by atomic mass is 16.5. The van der Waals surface area contributed by atoms with Gasteiger partial charge in [0.25, 0.3) is 0 Å². The fourth-order valence-corrected chi connectivity index (χ4v) is 1.81. The first-order valence-corrected chi connectivity index (χ1v) is 6.18. The van der Waals surface area contributed by atoms with Crippen molar-refractivity contribution in [2.45, 2.75) is 13.8 Å². The zero-order chi connectivity index (χ0) is 14.3. The van der Waals surface area contributed by atoms with E-state index in [4.69, 9.17) is 9.47 Å². The van der Waals surface area contributed by atoms with Gasteiger partial charge in [-0.25, -0.2) is 0 Å². The lowest BCUT2D eigenvalue weighted by atomic mass is 10.0. The summed E-state index contributed by atoms with van der Waals surface area (Å²) < 4.78 is 10.1. The molecular formula is C15H21NO3. The molecule has 4 nitrogen and oxygen atoms in total. The van der Waals surface area contributed by atoms with Gasteiger partial charge in [0.05, 0.1) is 13.7 Å². The van der Waals surface area contributed by atoms with Crippen LogP contribution >= 0.6 is 0 Å². The van der Waals surface area contributed by atoms with Gasteiger partial charge >= 0.3 is 0 Å². The summed E-state index contributed by atoms with van der Waals surface area (Å²) in [6.45, 7) is 5.02. The van der Waals surface area contributed by atoms with Crippen molar-refractivity contribution in [1.29, 1.82) is 0 Å². The van der Waals surface area contributed by atoms with E-state index in [1.54, 1.807) is 14.2 Å². The van der Waals surface area contributed by atoms with Crippen molar-refractivity contribution < 1.29 is 14.3 Å². The Morgan fingerprint density at radius 2 is 1.89 bits per heavy atom. The SMILES string of the molecule is COCCNC(=O)/C=C/c1c(C)cc(OC)cc1C. The maximum absolute atomic E-state index is 11.6. The molecule has 0 aliphatic carbocycles. The molecule has 0 saturated carbocycles. The standard InChI is InChI=1S/C15H21NO3/c1-11-9-13(19-4)10-12(2)14(11)5-6-15(17)16-7-8-18-3/h5-6,9-10H,7-8H2,1-4H3,(H,16,17)/b6-5+. The molecular weight excluding hydrogens is 242 g/mol. The number of ether oxygens (including phenoxy) is 2. The van der Waals surface area contributed by atoms with Gasteiger partial charge in [-0.3, -0.25) is 4.79 Å². The zero-order valence-electron chi connectivity index (χ0n) is 11.9. The maximum Gasteiger partial charge on any atom is 0.244 e. The van der Waals surface area contributed by atoms with E-state index in [1.165, 1.54) is 6.08 Å². The number of amides is 1. The normalized spacial score (nSPS) is 10.7. The van der Waals surface area contributed by atoms with E-state index in [2.05, 4.69) is 5.32 Å². The molecule has 0 atom stereocenters. The highest BCUT2D eigenvalue weighted by Crippen LogP contribution is 2.22. The molecule has 0 fully saturated rings. The molecule has 1 amide bonds. The summed E-state index contributed by atoms with van der Waals surface area (Å²) in [5, 5.41) is 2.74. The molecule has 0 bridgehead atoms. The largest absolute Gasteiger partial charge is 0.497 e. The number of carbonyl (C=O) groups is 1. The van der Waals surface area contributed by atoms with Crippen LogP contribution < -0.4 is 10.1 Å². The van der Waals surface area contributed by atoms with Crippen molar-refractivity contribution in [3.05, 3.63) is 34.9 Å². The predicted molar refractivity (Wildman–Crippen MR) is 76.4 cm³/mol. The molecule has 0 radical (unpaired) electrons. The summed E-state index contributed by atoms with van der Waals surface area (Å²) in [5.41, 5.74) is 3.21. The van der Waals surface area contributed by atoms with Crippen LogP contribution in [0.5, 0.6) is 5.75 Å². The van der Waals surface area contributed by atoms with Crippen molar-refractivity contribution in [1.82, 2.24) is 5.32 Å². The molecule has 4 heteroatoms. The molecule has 1 rings (SSSR count). The quantitative estimate of drug-likeness (QED) is 0.631. The van der Waals surface area contributed by atoms with Crippen LogP contribution in [0.1, 0.15) is 16.7 Å². The summed E-state index contributed by atoms with van der Waals surface area (Å²) in [5.74, 6) is 0.711. The highest BCUT2D eigenvalue weighted by Gasteiger charge is 2.03. The summed E-state index contributed by atoms with van der Waals surface area (Å²) in [6, 6.07) is 3.91. The van der Waals surface area contributed by atoms with E-state index in [0.29, 0.717) is 13.2 Å². The first-order chi connectivity index (χ1) is 9.08. The van der Waals surface area contributed by atoms with Gasteiger partial charge < -0.3 is 14.8 Å². The van der Waals surface area contributed by atoms with Gasteiger partial charge in [-0.2, -0.15) is 0 Å². The van der Waals surface area contributed by atoms with Gasteiger partial charge in [-0.15, -0.1) is 0 Å². The molecule has 1 N–H and O–H groups in total. The van der Waals surface area contributed by atoms with Gasteiger partial charge in [-0.1, -0.05) is 0 Å². The minimum absolute atomic E-state index is 0.119. The first-order valence-electron chi connectivity index (χ1n) is 6.18. The second-order valence-corrected chi connectivity index (χ2v) is 4.29. The third kappa shape index (κ3) is 4.75. The number of carbonyl (C=O) groups excluding carboxylic acids is 1.